The minimum absolute atomic E-state index is 0.460. The number of nitrogens with zero attached hydrogens (tertiary/aromatic N) is 2. The zero-order chi connectivity index (χ0) is 11.8. The molecule has 0 saturated heterocycles. The molecule has 0 bridgehead atoms. The Kier molecular flexibility index (Phi) is 3.65. The maximum Gasteiger partial charge on any atom is 0.0850 e. The Morgan fingerprint density at radius 1 is 1.44 bits per heavy atom. The highest BCUT2D eigenvalue weighted by Gasteiger charge is 2.42. The summed E-state index contributed by atoms with van der Waals surface area (Å²) in [5.74, 6) is 0. The summed E-state index contributed by atoms with van der Waals surface area (Å²) in [7, 11) is 0. The van der Waals surface area contributed by atoms with Gasteiger partial charge in [0.05, 0.1) is 16.4 Å². The van der Waals surface area contributed by atoms with Gasteiger partial charge in [0.1, 0.15) is 0 Å². The van der Waals surface area contributed by atoms with Crippen molar-refractivity contribution in [2.45, 2.75) is 46.1 Å². The third kappa shape index (κ3) is 2.17. The number of alkyl halides is 1. The van der Waals surface area contributed by atoms with E-state index in [-0.39, 0.29) is 0 Å². The predicted octanol–water partition coefficient (Wildman–Crippen LogP) is 3.84. The minimum Gasteiger partial charge on any atom is -0.268 e. The molecule has 4 heteroatoms. The van der Waals surface area contributed by atoms with E-state index in [0.29, 0.717) is 5.41 Å². The minimum atomic E-state index is 0.460. The molecular formula is C12H18BrClN2. The van der Waals surface area contributed by atoms with Crippen LogP contribution >= 0.6 is 27.5 Å². The first-order valence-electron chi connectivity index (χ1n) is 5.96. The van der Waals surface area contributed by atoms with Crippen molar-refractivity contribution in [1.82, 2.24) is 9.78 Å². The van der Waals surface area contributed by atoms with Gasteiger partial charge < -0.3 is 0 Å². The lowest BCUT2D eigenvalue weighted by molar-refractivity contribution is 0.528. The number of rotatable bonds is 5. The number of halogens is 2. The summed E-state index contributed by atoms with van der Waals surface area (Å²) in [6.45, 7) is 5.14. The first-order valence-corrected chi connectivity index (χ1v) is 7.45. The van der Waals surface area contributed by atoms with Crippen molar-refractivity contribution in [3.63, 3.8) is 0 Å². The Bertz CT molecular complexity index is 383. The molecule has 0 radical (unpaired) electrons. The molecule has 0 N–H and O–H groups in total. The van der Waals surface area contributed by atoms with Gasteiger partial charge in [-0.1, -0.05) is 34.5 Å². The van der Waals surface area contributed by atoms with Crippen LogP contribution in [-0.4, -0.2) is 15.1 Å². The van der Waals surface area contributed by atoms with Gasteiger partial charge in [-0.15, -0.1) is 0 Å². The first kappa shape index (κ1) is 12.4. The van der Waals surface area contributed by atoms with E-state index in [2.05, 4.69) is 39.6 Å². The highest BCUT2D eigenvalue weighted by molar-refractivity contribution is 9.09. The monoisotopic (exact) mass is 304 g/mol. The second-order valence-electron chi connectivity index (χ2n) is 4.69. The Morgan fingerprint density at radius 3 is 2.56 bits per heavy atom. The van der Waals surface area contributed by atoms with Crippen LogP contribution in [0.25, 0.3) is 0 Å². The summed E-state index contributed by atoms with van der Waals surface area (Å²) in [6, 6.07) is 0. The summed E-state index contributed by atoms with van der Waals surface area (Å²) in [5.41, 5.74) is 2.74. The maximum absolute atomic E-state index is 6.40. The molecule has 0 aromatic carbocycles. The average molecular weight is 306 g/mol. The van der Waals surface area contributed by atoms with Gasteiger partial charge >= 0.3 is 0 Å². The topological polar surface area (TPSA) is 17.8 Å². The average Bonchev–Trinajstić information content (AvgIpc) is 3.02. The quantitative estimate of drug-likeness (QED) is 0.756. The molecular weight excluding hydrogens is 288 g/mol. The number of hydrogen-bond acceptors (Lipinski definition) is 1. The van der Waals surface area contributed by atoms with Gasteiger partial charge in [0.2, 0.25) is 0 Å². The Balaban J connectivity index is 2.28. The molecule has 1 aromatic heterocycles. The van der Waals surface area contributed by atoms with Gasteiger partial charge in [0.15, 0.2) is 0 Å². The normalized spacial score (nSPS) is 17.8. The molecule has 1 fully saturated rings. The lowest BCUT2D eigenvalue weighted by Crippen LogP contribution is -2.12. The number of aromatic nitrogens is 2. The van der Waals surface area contributed by atoms with Crippen molar-refractivity contribution in [1.29, 1.82) is 0 Å². The van der Waals surface area contributed by atoms with E-state index in [4.69, 9.17) is 11.6 Å². The van der Waals surface area contributed by atoms with Crippen molar-refractivity contribution < 1.29 is 0 Å². The van der Waals surface area contributed by atoms with Gasteiger partial charge in [-0.2, -0.15) is 5.10 Å². The number of hydrogen-bond donors (Lipinski definition) is 0. The van der Waals surface area contributed by atoms with Crippen LogP contribution in [-0.2, 0) is 19.4 Å². The standard InChI is InChI=1S/C12H18BrClN2/c1-3-9-11(14)10(16(4-2)15-9)7-12(8-13)5-6-12/h3-8H2,1-2H3. The fraction of sp³-hybridized carbons (Fsp3) is 0.750. The van der Waals surface area contributed by atoms with E-state index in [0.717, 1.165) is 35.4 Å². The van der Waals surface area contributed by atoms with Crippen LogP contribution in [0.4, 0.5) is 0 Å². The number of aryl methyl sites for hydroxylation is 2. The van der Waals surface area contributed by atoms with E-state index in [1.54, 1.807) is 0 Å². The molecule has 0 spiro atoms. The molecule has 90 valence electrons. The summed E-state index contributed by atoms with van der Waals surface area (Å²) in [4.78, 5) is 0. The fourth-order valence-corrected chi connectivity index (χ4v) is 3.17. The Morgan fingerprint density at radius 2 is 2.12 bits per heavy atom. The van der Waals surface area contributed by atoms with Crippen molar-refractivity contribution in [2.75, 3.05) is 5.33 Å². The second-order valence-corrected chi connectivity index (χ2v) is 5.63. The van der Waals surface area contributed by atoms with Crippen molar-refractivity contribution in [2.24, 2.45) is 5.41 Å². The summed E-state index contributed by atoms with van der Waals surface area (Å²) >= 11 is 10.0. The molecule has 2 rings (SSSR count). The highest BCUT2D eigenvalue weighted by Crippen LogP contribution is 2.50. The van der Waals surface area contributed by atoms with Gasteiger partial charge in [-0.05, 0) is 38.0 Å². The predicted molar refractivity (Wildman–Crippen MR) is 71.5 cm³/mol. The first-order chi connectivity index (χ1) is 7.65. The maximum atomic E-state index is 6.40. The van der Waals surface area contributed by atoms with Crippen LogP contribution < -0.4 is 0 Å². The Labute approximate surface area is 110 Å². The zero-order valence-corrected chi connectivity index (χ0v) is 12.2. The van der Waals surface area contributed by atoms with E-state index in [1.807, 2.05) is 0 Å². The van der Waals surface area contributed by atoms with Gasteiger partial charge in [-0.3, -0.25) is 4.68 Å². The largest absolute Gasteiger partial charge is 0.268 e. The third-order valence-electron chi connectivity index (χ3n) is 3.48. The van der Waals surface area contributed by atoms with E-state index in [9.17, 15) is 0 Å². The van der Waals surface area contributed by atoms with Crippen LogP contribution in [0, 0.1) is 5.41 Å². The summed E-state index contributed by atoms with van der Waals surface area (Å²) < 4.78 is 2.07. The Hall–Kier alpha value is -0.0200. The third-order valence-corrected chi connectivity index (χ3v) is 5.10. The SMILES string of the molecule is CCc1nn(CC)c(CC2(CBr)CC2)c1Cl. The lowest BCUT2D eigenvalue weighted by atomic mass is 10.0. The van der Waals surface area contributed by atoms with Gasteiger partial charge in [-0.25, -0.2) is 0 Å². The van der Waals surface area contributed by atoms with E-state index >= 15 is 0 Å². The molecule has 1 aromatic rings. The summed E-state index contributed by atoms with van der Waals surface area (Å²) in [6.07, 6.45) is 4.61. The van der Waals surface area contributed by atoms with E-state index < -0.39 is 0 Å². The fourth-order valence-electron chi connectivity index (χ4n) is 2.08. The molecule has 0 aliphatic heterocycles. The van der Waals surface area contributed by atoms with Gasteiger partial charge in [0, 0.05) is 11.9 Å². The van der Waals surface area contributed by atoms with Crippen molar-refractivity contribution in [3.8, 4) is 0 Å². The molecule has 2 nitrogen and oxygen atoms in total. The van der Waals surface area contributed by atoms with Crippen molar-refractivity contribution >= 4 is 27.5 Å². The molecule has 1 aliphatic rings. The molecule has 0 unspecified atom stereocenters. The van der Waals surface area contributed by atoms with Crippen LogP contribution in [0.3, 0.4) is 0 Å². The zero-order valence-electron chi connectivity index (χ0n) is 9.89. The molecule has 1 saturated carbocycles. The highest BCUT2D eigenvalue weighted by atomic mass is 79.9. The second kappa shape index (κ2) is 4.69. The lowest BCUT2D eigenvalue weighted by Gasteiger charge is -2.12. The van der Waals surface area contributed by atoms with Crippen molar-refractivity contribution in [3.05, 3.63) is 16.4 Å². The summed E-state index contributed by atoms with van der Waals surface area (Å²) in [5, 5.41) is 6.54. The molecule has 16 heavy (non-hydrogen) atoms. The molecule has 0 amide bonds. The van der Waals surface area contributed by atoms with Crippen LogP contribution in [0.1, 0.15) is 38.1 Å². The molecule has 0 atom stereocenters. The van der Waals surface area contributed by atoms with Crippen LogP contribution in [0.15, 0.2) is 0 Å². The van der Waals surface area contributed by atoms with Gasteiger partial charge in [0.25, 0.3) is 0 Å². The van der Waals surface area contributed by atoms with Crippen LogP contribution in [0.5, 0.6) is 0 Å². The molecule has 1 aliphatic carbocycles. The van der Waals surface area contributed by atoms with E-state index in [1.165, 1.54) is 18.5 Å². The molecule has 1 heterocycles. The smallest absolute Gasteiger partial charge is 0.0850 e. The van der Waals surface area contributed by atoms with Crippen LogP contribution in [0.2, 0.25) is 5.02 Å².